The third kappa shape index (κ3) is 0.971. The molecule has 0 aromatic rings. The number of carbonyl (C=O) groups is 1. The van der Waals surface area contributed by atoms with Gasteiger partial charge in [-0.05, 0) is 24.7 Å². The summed E-state index contributed by atoms with van der Waals surface area (Å²) in [5.74, 6) is 1.29. The molecule has 60 valence electrons. The van der Waals surface area contributed by atoms with Crippen molar-refractivity contribution in [3.63, 3.8) is 0 Å². The predicted molar refractivity (Wildman–Crippen MR) is 40.9 cm³/mol. The first-order valence-electron chi connectivity index (χ1n) is 4.09. The van der Waals surface area contributed by atoms with Crippen LogP contribution < -0.4 is 0 Å². The van der Waals surface area contributed by atoms with Gasteiger partial charge in [-0.25, -0.2) is 0 Å². The van der Waals surface area contributed by atoms with Crippen molar-refractivity contribution in [1.29, 1.82) is 0 Å². The largest absolute Gasteiger partial charge is 0.469 e. The first-order valence-corrected chi connectivity index (χ1v) is 4.09. The van der Waals surface area contributed by atoms with Gasteiger partial charge in [0.2, 0.25) is 0 Å². The summed E-state index contributed by atoms with van der Waals surface area (Å²) in [5, 5.41) is 0. The summed E-state index contributed by atoms with van der Waals surface area (Å²) in [4.78, 5) is 11.1. The molecule has 2 aliphatic rings. The molecule has 0 saturated heterocycles. The normalized spacial score (nSPS) is 39.5. The highest BCUT2D eigenvalue weighted by Crippen LogP contribution is 2.52. The molecule has 3 atom stereocenters. The second kappa shape index (κ2) is 2.36. The van der Waals surface area contributed by atoms with E-state index in [1.54, 1.807) is 0 Å². The molecule has 0 amide bonds. The van der Waals surface area contributed by atoms with E-state index in [-0.39, 0.29) is 11.9 Å². The van der Waals surface area contributed by atoms with Crippen LogP contribution in [-0.4, -0.2) is 13.1 Å². The minimum Gasteiger partial charge on any atom is -0.469 e. The highest BCUT2D eigenvalue weighted by atomic mass is 16.5. The van der Waals surface area contributed by atoms with Crippen LogP contribution in [0.15, 0.2) is 12.2 Å². The maximum Gasteiger partial charge on any atom is 0.309 e. The number of hydrogen-bond donors (Lipinski definition) is 0. The van der Waals surface area contributed by atoms with Crippen LogP contribution in [-0.2, 0) is 9.53 Å². The maximum atomic E-state index is 11.1. The molecule has 11 heavy (non-hydrogen) atoms. The van der Waals surface area contributed by atoms with Gasteiger partial charge in [0.1, 0.15) is 0 Å². The summed E-state index contributed by atoms with van der Waals surface area (Å²) in [5.41, 5.74) is 0. The molecule has 2 aliphatic carbocycles. The van der Waals surface area contributed by atoms with Crippen LogP contribution in [0.5, 0.6) is 0 Å². The Morgan fingerprint density at radius 2 is 2.45 bits per heavy atom. The second-order valence-electron chi connectivity index (χ2n) is 3.30. The van der Waals surface area contributed by atoms with Crippen LogP contribution in [0, 0.1) is 17.8 Å². The monoisotopic (exact) mass is 152 g/mol. The first-order chi connectivity index (χ1) is 5.34. The molecule has 0 bridgehead atoms. The fourth-order valence-corrected chi connectivity index (χ4v) is 2.04. The molecule has 1 fully saturated rings. The summed E-state index contributed by atoms with van der Waals surface area (Å²) in [7, 11) is 1.47. The quantitative estimate of drug-likeness (QED) is 0.419. The van der Waals surface area contributed by atoms with Crippen molar-refractivity contribution >= 4 is 5.97 Å². The fourth-order valence-electron chi connectivity index (χ4n) is 2.04. The van der Waals surface area contributed by atoms with Crippen LogP contribution in [0.3, 0.4) is 0 Å². The number of rotatable bonds is 1. The molecule has 1 saturated carbocycles. The molecule has 2 heteroatoms. The topological polar surface area (TPSA) is 26.3 Å². The van der Waals surface area contributed by atoms with Gasteiger partial charge in [0.05, 0.1) is 13.0 Å². The lowest BCUT2D eigenvalue weighted by molar-refractivity contribution is -0.142. The van der Waals surface area contributed by atoms with E-state index < -0.39 is 0 Å². The number of methoxy groups -OCH3 is 1. The third-order valence-electron chi connectivity index (χ3n) is 2.73. The molecule has 3 unspecified atom stereocenters. The van der Waals surface area contributed by atoms with E-state index in [0.717, 1.165) is 6.42 Å². The predicted octanol–water partition coefficient (Wildman–Crippen LogP) is 1.37. The minimum atomic E-state index is -0.0217. The van der Waals surface area contributed by atoms with Crippen LogP contribution in [0.25, 0.3) is 0 Å². The second-order valence-corrected chi connectivity index (χ2v) is 3.30. The van der Waals surface area contributed by atoms with Gasteiger partial charge in [-0.1, -0.05) is 12.2 Å². The molecular formula is C9H12O2. The third-order valence-corrected chi connectivity index (χ3v) is 2.73. The Morgan fingerprint density at radius 1 is 1.64 bits per heavy atom. The molecule has 0 aromatic carbocycles. The number of hydrogen-bond acceptors (Lipinski definition) is 2. The molecule has 0 N–H and O–H groups in total. The van der Waals surface area contributed by atoms with E-state index in [1.165, 1.54) is 13.5 Å². The minimum absolute atomic E-state index is 0.0217. The van der Waals surface area contributed by atoms with E-state index in [4.69, 9.17) is 4.74 Å². The van der Waals surface area contributed by atoms with Crippen LogP contribution in [0.4, 0.5) is 0 Å². The lowest BCUT2D eigenvalue weighted by atomic mass is 10.1. The van der Waals surface area contributed by atoms with Gasteiger partial charge < -0.3 is 4.74 Å². The van der Waals surface area contributed by atoms with Gasteiger partial charge in [0.15, 0.2) is 0 Å². The Balaban J connectivity index is 2.02. The maximum absolute atomic E-state index is 11.1. The van der Waals surface area contributed by atoms with Crippen molar-refractivity contribution in [2.45, 2.75) is 12.8 Å². The number of ether oxygens (including phenoxy) is 1. The van der Waals surface area contributed by atoms with Gasteiger partial charge in [-0.3, -0.25) is 4.79 Å². The lowest BCUT2D eigenvalue weighted by Gasteiger charge is -1.97. The van der Waals surface area contributed by atoms with Gasteiger partial charge in [0, 0.05) is 0 Å². The van der Waals surface area contributed by atoms with Crippen molar-refractivity contribution in [2.24, 2.45) is 17.8 Å². The van der Waals surface area contributed by atoms with Crippen molar-refractivity contribution in [3.05, 3.63) is 12.2 Å². The zero-order chi connectivity index (χ0) is 7.84. The standard InChI is InChI=1S/C9H12O2/c1-11-9(10)8-6-4-2-3-5-7(6)8/h2,4,6-8H,3,5H2,1H3. The van der Waals surface area contributed by atoms with E-state index in [0.29, 0.717) is 11.8 Å². The first kappa shape index (κ1) is 6.89. The molecule has 0 aliphatic heterocycles. The van der Waals surface area contributed by atoms with Crippen LogP contribution >= 0.6 is 0 Å². The van der Waals surface area contributed by atoms with Gasteiger partial charge in [0.25, 0.3) is 0 Å². The fraction of sp³-hybridized carbons (Fsp3) is 0.667. The summed E-state index contributed by atoms with van der Waals surface area (Å²) >= 11 is 0. The Kier molecular flexibility index (Phi) is 1.48. The summed E-state index contributed by atoms with van der Waals surface area (Å²) in [6.07, 6.45) is 6.63. The molecule has 0 heterocycles. The van der Waals surface area contributed by atoms with E-state index in [2.05, 4.69) is 12.2 Å². The van der Waals surface area contributed by atoms with Crippen molar-refractivity contribution < 1.29 is 9.53 Å². The zero-order valence-electron chi connectivity index (χ0n) is 6.62. The number of fused-ring (bicyclic) bond motifs is 1. The van der Waals surface area contributed by atoms with E-state index >= 15 is 0 Å². The summed E-state index contributed by atoms with van der Waals surface area (Å²) < 4.78 is 4.69. The number of carbonyl (C=O) groups excluding carboxylic acids is 1. The Morgan fingerprint density at radius 3 is 3.00 bits per heavy atom. The highest BCUT2D eigenvalue weighted by molar-refractivity contribution is 5.77. The molecule has 0 radical (unpaired) electrons. The number of allylic oxidation sites excluding steroid dienone is 2. The van der Waals surface area contributed by atoms with Crippen molar-refractivity contribution in [1.82, 2.24) is 0 Å². The van der Waals surface area contributed by atoms with E-state index in [9.17, 15) is 4.79 Å². The Bertz CT molecular complexity index is 208. The van der Waals surface area contributed by atoms with Gasteiger partial charge in [-0.2, -0.15) is 0 Å². The summed E-state index contributed by atoms with van der Waals surface area (Å²) in [6.45, 7) is 0. The van der Waals surface area contributed by atoms with Crippen LogP contribution in [0.2, 0.25) is 0 Å². The summed E-state index contributed by atoms with van der Waals surface area (Å²) in [6, 6.07) is 0. The zero-order valence-corrected chi connectivity index (χ0v) is 6.62. The molecule has 0 aromatic heterocycles. The Hall–Kier alpha value is -0.790. The van der Waals surface area contributed by atoms with E-state index in [1.807, 2.05) is 0 Å². The average Bonchev–Trinajstić information content (AvgIpc) is 2.77. The van der Waals surface area contributed by atoms with Crippen molar-refractivity contribution in [3.8, 4) is 0 Å². The number of esters is 1. The SMILES string of the molecule is COC(=O)C1C2C=CCCC21. The van der Waals surface area contributed by atoms with Crippen LogP contribution in [0.1, 0.15) is 12.8 Å². The van der Waals surface area contributed by atoms with Crippen molar-refractivity contribution in [2.75, 3.05) is 7.11 Å². The van der Waals surface area contributed by atoms with Gasteiger partial charge in [-0.15, -0.1) is 0 Å². The lowest BCUT2D eigenvalue weighted by Crippen LogP contribution is -2.04. The smallest absolute Gasteiger partial charge is 0.309 e. The highest BCUT2D eigenvalue weighted by Gasteiger charge is 2.54. The Labute approximate surface area is 66.2 Å². The molecule has 2 rings (SSSR count). The molecule has 0 spiro atoms. The molecule has 2 nitrogen and oxygen atoms in total. The average molecular weight is 152 g/mol. The molecular weight excluding hydrogens is 140 g/mol. The van der Waals surface area contributed by atoms with Gasteiger partial charge >= 0.3 is 5.97 Å².